The number of pyridine rings is 1. The van der Waals surface area contributed by atoms with E-state index in [0.29, 0.717) is 0 Å². The molecule has 2 aromatic rings. The molecule has 0 aliphatic carbocycles. The van der Waals surface area contributed by atoms with Crippen molar-refractivity contribution >= 4 is 11.6 Å². The molecule has 1 N–H and O–H groups in total. The van der Waals surface area contributed by atoms with Crippen molar-refractivity contribution in [3.8, 4) is 0 Å². The summed E-state index contributed by atoms with van der Waals surface area (Å²) in [6.07, 6.45) is 5.34. The minimum Gasteiger partial charge on any atom is -0.383 e. The van der Waals surface area contributed by atoms with Crippen LogP contribution in [0.1, 0.15) is 30.5 Å². The van der Waals surface area contributed by atoms with Crippen molar-refractivity contribution in [3.05, 3.63) is 64.9 Å². The molecule has 0 atom stereocenters. The maximum atomic E-state index is 10.8. The highest BCUT2D eigenvalue weighted by Gasteiger charge is 2.34. The van der Waals surface area contributed by atoms with E-state index >= 15 is 0 Å². The molecule has 1 aliphatic rings. The molecule has 4 heteroatoms. The minimum absolute atomic E-state index is 0.746. The highest BCUT2D eigenvalue weighted by molar-refractivity contribution is 6.31. The number of hydrogen-bond donors (Lipinski definition) is 1. The third-order valence-corrected chi connectivity index (χ3v) is 5.07. The molecule has 3 rings (SSSR count). The summed E-state index contributed by atoms with van der Waals surface area (Å²) in [6.45, 7) is 2.87. The molecule has 122 valence electrons. The van der Waals surface area contributed by atoms with Gasteiger partial charge in [0.2, 0.25) is 0 Å². The zero-order chi connectivity index (χ0) is 16.1. The summed E-state index contributed by atoms with van der Waals surface area (Å²) >= 11 is 6.20. The Hall–Kier alpha value is -1.42. The van der Waals surface area contributed by atoms with Crippen molar-refractivity contribution < 1.29 is 5.11 Å². The molecular formula is C19H23ClN2O. The van der Waals surface area contributed by atoms with E-state index in [1.165, 1.54) is 5.56 Å². The number of likely N-dealkylation sites (tertiary alicyclic amines) is 1. The Morgan fingerprint density at radius 1 is 1.09 bits per heavy atom. The van der Waals surface area contributed by atoms with Crippen molar-refractivity contribution in [2.45, 2.75) is 31.3 Å². The van der Waals surface area contributed by atoms with E-state index in [0.717, 1.165) is 56.0 Å². The van der Waals surface area contributed by atoms with Crippen molar-refractivity contribution in [3.63, 3.8) is 0 Å². The van der Waals surface area contributed by atoms with Gasteiger partial charge >= 0.3 is 0 Å². The van der Waals surface area contributed by atoms with Crippen LogP contribution in [0.3, 0.4) is 0 Å². The van der Waals surface area contributed by atoms with Crippen LogP contribution in [0.2, 0.25) is 5.02 Å². The molecular weight excluding hydrogens is 308 g/mol. The second-order valence-corrected chi connectivity index (χ2v) is 6.69. The van der Waals surface area contributed by atoms with Crippen LogP contribution in [-0.4, -0.2) is 34.6 Å². The molecule has 1 saturated heterocycles. The Bertz CT molecular complexity index is 624. The summed E-state index contributed by atoms with van der Waals surface area (Å²) < 4.78 is 0. The summed E-state index contributed by atoms with van der Waals surface area (Å²) in [7, 11) is 0. The highest BCUT2D eigenvalue weighted by Crippen LogP contribution is 2.31. The zero-order valence-corrected chi connectivity index (χ0v) is 14.0. The molecule has 2 heterocycles. The molecule has 3 nitrogen and oxygen atoms in total. The van der Waals surface area contributed by atoms with Gasteiger partial charge in [-0.2, -0.15) is 0 Å². The van der Waals surface area contributed by atoms with E-state index in [9.17, 15) is 5.11 Å². The zero-order valence-electron chi connectivity index (χ0n) is 13.3. The van der Waals surface area contributed by atoms with Crippen LogP contribution < -0.4 is 0 Å². The van der Waals surface area contributed by atoms with E-state index in [1.807, 2.05) is 36.4 Å². The van der Waals surface area contributed by atoms with Gasteiger partial charge in [-0.15, -0.1) is 0 Å². The van der Waals surface area contributed by atoms with Gasteiger partial charge in [0.05, 0.1) is 5.69 Å². The molecule has 1 aromatic carbocycles. The molecule has 0 unspecified atom stereocenters. The first-order chi connectivity index (χ1) is 11.2. The van der Waals surface area contributed by atoms with E-state index in [-0.39, 0.29) is 0 Å². The van der Waals surface area contributed by atoms with Crippen LogP contribution in [0.25, 0.3) is 0 Å². The number of nitrogens with zero attached hydrogens (tertiary/aromatic N) is 2. The number of aromatic nitrogens is 1. The van der Waals surface area contributed by atoms with Gasteiger partial charge in [-0.25, -0.2) is 0 Å². The Morgan fingerprint density at radius 2 is 1.83 bits per heavy atom. The molecule has 23 heavy (non-hydrogen) atoms. The van der Waals surface area contributed by atoms with E-state index in [4.69, 9.17) is 11.6 Å². The number of piperidine rings is 1. The molecule has 0 saturated carbocycles. The van der Waals surface area contributed by atoms with Crippen molar-refractivity contribution in [2.24, 2.45) is 0 Å². The first-order valence-electron chi connectivity index (χ1n) is 8.27. The third-order valence-electron chi connectivity index (χ3n) is 4.70. The standard InChI is InChI=1S/C19H23ClN2O/c20-17-8-2-1-6-16(17)7-5-13-22-14-10-19(23,11-15-22)18-9-3-4-12-21-18/h1-4,6,8-9,12,23H,5,7,10-11,13-15H2. The number of benzene rings is 1. The van der Waals surface area contributed by atoms with E-state index in [1.54, 1.807) is 6.20 Å². The van der Waals surface area contributed by atoms with Crippen LogP contribution >= 0.6 is 11.6 Å². The number of aryl methyl sites for hydroxylation is 1. The quantitative estimate of drug-likeness (QED) is 0.909. The van der Waals surface area contributed by atoms with E-state index in [2.05, 4.69) is 16.0 Å². The van der Waals surface area contributed by atoms with Gasteiger partial charge in [0.1, 0.15) is 5.60 Å². The Balaban J connectivity index is 1.47. The van der Waals surface area contributed by atoms with Gasteiger partial charge in [0.15, 0.2) is 0 Å². The second kappa shape index (κ2) is 7.43. The Labute approximate surface area is 142 Å². The fourth-order valence-electron chi connectivity index (χ4n) is 3.23. The lowest BCUT2D eigenvalue weighted by Crippen LogP contribution is -2.43. The second-order valence-electron chi connectivity index (χ2n) is 6.28. The maximum absolute atomic E-state index is 10.8. The summed E-state index contributed by atoms with van der Waals surface area (Å²) in [5.74, 6) is 0. The molecule has 0 radical (unpaired) electrons. The lowest BCUT2D eigenvalue weighted by molar-refractivity contribution is -0.0293. The first-order valence-corrected chi connectivity index (χ1v) is 8.65. The van der Waals surface area contributed by atoms with Gasteiger partial charge in [0.25, 0.3) is 0 Å². The predicted octanol–water partition coefficient (Wildman–Crippen LogP) is 3.65. The van der Waals surface area contributed by atoms with Crippen molar-refractivity contribution in [2.75, 3.05) is 19.6 Å². The fourth-order valence-corrected chi connectivity index (χ4v) is 3.47. The molecule has 0 bridgehead atoms. The molecule has 1 aliphatic heterocycles. The third kappa shape index (κ3) is 4.11. The predicted molar refractivity (Wildman–Crippen MR) is 93.6 cm³/mol. The molecule has 1 fully saturated rings. The molecule has 1 aromatic heterocycles. The van der Waals surface area contributed by atoms with Gasteiger partial charge in [-0.05, 0) is 56.0 Å². The topological polar surface area (TPSA) is 36.4 Å². The summed E-state index contributed by atoms with van der Waals surface area (Å²) in [5, 5.41) is 11.7. The number of rotatable bonds is 5. The summed E-state index contributed by atoms with van der Waals surface area (Å²) in [5.41, 5.74) is 1.26. The van der Waals surface area contributed by atoms with Crippen LogP contribution in [-0.2, 0) is 12.0 Å². The lowest BCUT2D eigenvalue weighted by atomic mass is 9.87. The van der Waals surface area contributed by atoms with E-state index < -0.39 is 5.60 Å². The maximum Gasteiger partial charge on any atom is 0.109 e. The smallest absolute Gasteiger partial charge is 0.109 e. The number of halogens is 1. The summed E-state index contributed by atoms with van der Waals surface area (Å²) in [4.78, 5) is 6.75. The largest absolute Gasteiger partial charge is 0.383 e. The normalized spacial score (nSPS) is 18.0. The monoisotopic (exact) mass is 330 g/mol. The first kappa shape index (κ1) is 16.4. The summed E-state index contributed by atoms with van der Waals surface area (Å²) in [6, 6.07) is 13.8. The van der Waals surface area contributed by atoms with Gasteiger partial charge < -0.3 is 10.0 Å². The average Bonchev–Trinajstić information content (AvgIpc) is 2.59. The van der Waals surface area contributed by atoms with Crippen LogP contribution in [0.15, 0.2) is 48.7 Å². The average molecular weight is 331 g/mol. The van der Waals surface area contributed by atoms with Gasteiger partial charge in [-0.1, -0.05) is 35.9 Å². The van der Waals surface area contributed by atoms with Gasteiger partial charge in [0, 0.05) is 24.3 Å². The molecule has 0 spiro atoms. The Kier molecular flexibility index (Phi) is 5.31. The van der Waals surface area contributed by atoms with Crippen LogP contribution in [0.4, 0.5) is 0 Å². The van der Waals surface area contributed by atoms with Crippen LogP contribution in [0.5, 0.6) is 0 Å². The fraction of sp³-hybridized carbons (Fsp3) is 0.421. The van der Waals surface area contributed by atoms with Crippen molar-refractivity contribution in [1.82, 2.24) is 9.88 Å². The van der Waals surface area contributed by atoms with Crippen LogP contribution in [0, 0.1) is 0 Å². The molecule has 0 amide bonds. The Morgan fingerprint density at radius 3 is 2.52 bits per heavy atom. The minimum atomic E-state index is -0.763. The number of hydrogen-bond acceptors (Lipinski definition) is 3. The highest BCUT2D eigenvalue weighted by atomic mass is 35.5. The van der Waals surface area contributed by atoms with Crippen molar-refractivity contribution in [1.29, 1.82) is 0 Å². The van der Waals surface area contributed by atoms with Gasteiger partial charge in [-0.3, -0.25) is 4.98 Å². The SMILES string of the molecule is OC1(c2ccccn2)CCN(CCCc2ccccc2Cl)CC1. The number of aliphatic hydroxyl groups is 1. The lowest BCUT2D eigenvalue weighted by Gasteiger charge is -2.37.